The average molecular weight is 155 g/mol. The van der Waals surface area contributed by atoms with Crippen LogP contribution in [0.3, 0.4) is 0 Å². The van der Waals surface area contributed by atoms with E-state index in [0.717, 1.165) is 6.85 Å². The predicted molar refractivity (Wildman–Crippen MR) is 54.2 cm³/mol. The second-order valence-electron chi connectivity index (χ2n) is 3.23. The normalized spacial score (nSPS) is 10.1. The Kier molecular flexibility index (Phi) is 8.14. The minimum atomic E-state index is 0.782. The molecule has 0 saturated carbocycles. The van der Waals surface area contributed by atoms with Crippen LogP contribution in [-0.4, -0.2) is 13.4 Å². The van der Waals surface area contributed by atoms with Crippen molar-refractivity contribution in [2.24, 2.45) is 0 Å². The van der Waals surface area contributed by atoms with Gasteiger partial charge >= 0.3 is 0 Å². The summed E-state index contributed by atoms with van der Waals surface area (Å²) < 4.78 is 0. The number of rotatable bonds is 7. The van der Waals surface area contributed by atoms with E-state index in [1.54, 1.807) is 0 Å². The quantitative estimate of drug-likeness (QED) is 0.557. The third-order valence-corrected chi connectivity index (χ3v) is 1.96. The Morgan fingerprint density at radius 2 is 1.45 bits per heavy atom. The fourth-order valence-corrected chi connectivity index (χ4v) is 1.39. The van der Waals surface area contributed by atoms with E-state index in [0.29, 0.717) is 0 Å². The molecule has 1 N–H and O–H groups in total. The van der Waals surface area contributed by atoms with E-state index in [-0.39, 0.29) is 0 Å². The van der Waals surface area contributed by atoms with Crippen LogP contribution in [0.4, 0.5) is 0 Å². The molecule has 66 valence electrons. The zero-order chi connectivity index (χ0) is 8.53. The summed E-state index contributed by atoms with van der Waals surface area (Å²) in [7, 11) is 0. The molecule has 0 unspecified atom stereocenters. The van der Waals surface area contributed by atoms with Gasteiger partial charge in [-0.2, -0.15) is 0 Å². The molecule has 0 aromatic carbocycles. The summed E-state index contributed by atoms with van der Waals surface area (Å²) in [4.78, 5) is 0. The van der Waals surface area contributed by atoms with Crippen molar-refractivity contribution in [2.75, 3.05) is 6.54 Å². The summed E-state index contributed by atoms with van der Waals surface area (Å²) in [6.45, 7) is 8.71. The molecule has 0 saturated heterocycles. The van der Waals surface area contributed by atoms with Crippen LogP contribution < -0.4 is 5.23 Å². The van der Waals surface area contributed by atoms with Gasteiger partial charge in [0, 0.05) is 0 Å². The fraction of sp³-hybridized carbons (Fsp3) is 1.00. The smallest absolute Gasteiger partial charge is 0.220 e. The van der Waals surface area contributed by atoms with Gasteiger partial charge in [0.05, 0.1) is 0 Å². The van der Waals surface area contributed by atoms with Crippen LogP contribution in [-0.2, 0) is 0 Å². The third kappa shape index (κ3) is 6.42. The molecule has 11 heavy (non-hydrogen) atoms. The van der Waals surface area contributed by atoms with Crippen LogP contribution in [0.1, 0.15) is 40.0 Å². The van der Waals surface area contributed by atoms with Crippen LogP contribution in [0.25, 0.3) is 0 Å². The van der Waals surface area contributed by atoms with E-state index < -0.39 is 0 Å². The largest absolute Gasteiger partial charge is 0.356 e. The Morgan fingerprint density at radius 1 is 0.909 bits per heavy atom. The molecule has 0 bridgehead atoms. The van der Waals surface area contributed by atoms with Gasteiger partial charge in [-0.3, -0.25) is 0 Å². The standard InChI is InChI=1S/C9H22BN/c1-4-7-10(8-5-2)11-9-6-3/h11H,4-9H2,1-3H3. The lowest BCUT2D eigenvalue weighted by atomic mass is 9.55. The molecule has 0 aliphatic rings. The van der Waals surface area contributed by atoms with E-state index in [2.05, 4.69) is 26.0 Å². The van der Waals surface area contributed by atoms with E-state index in [1.807, 2.05) is 0 Å². The van der Waals surface area contributed by atoms with Gasteiger partial charge in [-0.15, -0.1) is 0 Å². The highest BCUT2D eigenvalue weighted by atomic mass is 14.8. The first-order valence-corrected chi connectivity index (χ1v) is 5.08. The first-order chi connectivity index (χ1) is 5.35. The van der Waals surface area contributed by atoms with Crippen molar-refractivity contribution >= 4 is 6.85 Å². The van der Waals surface area contributed by atoms with Gasteiger partial charge in [0.15, 0.2) is 0 Å². The summed E-state index contributed by atoms with van der Waals surface area (Å²) in [6, 6.07) is 0. The molecule has 0 spiro atoms. The van der Waals surface area contributed by atoms with Crippen molar-refractivity contribution in [1.82, 2.24) is 5.23 Å². The maximum Gasteiger partial charge on any atom is 0.220 e. The van der Waals surface area contributed by atoms with E-state index >= 15 is 0 Å². The third-order valence-electron chi connectivity index (χ3n) is 1.96. The van der Waals surface area contributed by atoms with Crippen LogP contribution in [0.2, 0.25) is 12.6 Å². The van der Waals surface area contributed by atoms with Gasteiger partial charge in [-0.1, -0.05) is 46.3 Å². The Labute approximate surface area is 72.1 Å². The van der Waals surface area contributed by atoms with E-state index in [1.165, 1.54) is 38.4 Å². The van der Waals surface area contributed by atoms with E-state index in [9.17, 15) is 0 Å². The first-order valence-electron chi connectivity index (χ1n) is 5.08. The summed E-state index contributed by atoms with van der Waals surface area (Å²) in [5.74, 6) is 0. The van der Waals surface area contributed by atoms with Crippen molar-refractivity contribution in [3.05, 3.63) is 0 Å². The molecule has 1 nitrogen and oxygen atoms in total. The highest BCUT2D eigenvalue weighted by molar-refractivity contribution is 6.55. The molecule has 0 atom stereocenters. The molecule has 0 amide bonds. The van der Waals surface area contributed by atoms with Crippen molar-refractivity contribution in [1.29, 1.82) is 0 Å². The Bertz CT molecular complexity index is 70.0. The first kappa shape index (κ1) is 11.0. The topological polar surface area (TPSA) is 12.0 Å². The molecule has 0 radical (unpaired) electrons. The van der Waals surface area contributed by atoms with Crippen LogP contribution in [0, 0.1) is 0 Å². The second-order valence-corrected chi connectivity index (χ2v) is 3.23. The summed E-state index contributed by atoms with van der Waals surface area (Å²) in [5.41, 5.74) is 0. The molecular formula is C9H22BN. The lowest BCUT2D eigenvalue weighted by Crippen LogP contribution is -2.33. The van der Waals surface area contributed by atoms with Crippen LogP contribution in [0.5, 0.6) is 0 Å². The predicted octanol–water partition coefficient (Wildman–Crippen LogP) is 2.80. The average Bonchev–Trinajstić information content (AvgIpc) is 2.01. The van der Waals surface area contributed by atoms with Gasteiger partial charge in [0.1, 0.15) is 0 Å². The number of hydrogen-bond donors (Lipinski definition) is 1. The lowest BCUT2D eigenvalue weighted by Gasteiger charge is -2.12. The SMILES string of the molecule is CCCNB(CCC)CCC. The molecule has 0 aliphatic heterocycles. The summed E-state index contributed by atoms with van der Waals surface area (Å²) in [5, 5.41) is 3.57. The summed E-state index contributed by atoms with van der Waals surface area (Å²) >= 11 is 0. The monoisotopic (exact) mass is 155 g/mol. The van der Waals surface area contributed by atoms with Crippen molar-refractivity contribution < 1.29 is 0 Å². The number of nitrogens with one attached hydrogen (secondary N) is 1. The number of hydrogen-bond acceptors (Lipinski definition) is 1. The van der Waals surface area contributed by atoms with Gasteiger partial charge < -0.3 is 5.23 Å². The Morgan fingerprint density at radius 3 is 1.82 bits per heavy atom. The molecular weight excluding hydrogens is 133 g/mol. The van der Waals surface area contributed by atoms with Gasteiger partial charge in [0.2, 0.25) is 6.85 Å². The molecule has 0 heterocycles. The van der Waals surface area contributed by atoms with Crippen molar-refractivity contribution in [2.45, 2.75) is 52.7 Å². The molecule has 0 rings (SSSR count). The molecule has 0 fully saturated rings. The highest BCUT2D eigenvalue weighted by Gasteiger charge is 2.09. The van der Waals surface area contributed by atoms with Crippen molar-refractivity contribution in [3.63, 3.8) is 0 Å². The van der Waals surface area contributed by atoms with Crippen molar-refractivity contribution in [3.8, 4) is 0 Å². The fourth-order valence-electron chi connectivity index (χ4n) is 1.39. The van der Waals surface area contributed by atoms with Gasteiger partial charge in [-0.05, 0) is 13.0 Å². The van der Waals surface area contributed by atoms with Crippen LogP contribution in [0.15, 0.2) is 0 Å². The van der Waals surface area contributed by atoms with Crippen LogP contribution >= 0.6 is 0 Å². The zero-order valence-electron chi connectivity index (χ0n) is 8.32. The van der Waals surface area contributed by atoms with Gasteiger partial charge in [-0.25, -0.2) is 0 Å². The maximum atomic E-state index is 3.57. The molecule has 0 aromatic rings. The Hall–Kier alpha value is 0.0249. The van der Waals surface area contributed by atoms with E-state index in [4.69, 9.17) is 0 Å². The lowest BCUT2D eigenvalue weighted by molar-refractivity contribution is 0.825. The van der Waals surface area contributed by atoms with Gasteiger partial charge in [0.25, 0.3) is 0 Å². The molecule has 0 aliphatic carbocycles. The highest BCUT2D eigenvalue weighted by Crippen LogP contribution is 2.02. The zero-order valence-corrected chi connectivity index (χ0v) is 8.32. The minimum Gasteiger partial charge on any atom is -0.356 e. The summed E-state index contributed by atoms with van der Waals surface area (Å²) in [6.07, 6.45) is 6.55. The molecule has 0 aromatic heterocycles. The second kappa shape index (κ2) is 8.12. The minimum absolute atomic E-state index is 0.782. The Balaban J connectivity index is 3.34. The maximum absolute atomic E-state index is 3.57. The molecule has 2 heteroatoms.